The minimum Gasteiger partial charge on any atom is -0.351 e. The number of aryl methyl sites for hydroxylation is 1. The molecule has 160 valence electrons. The highest BCUT2D eigenvalue weighted by molar-refractivity contribution is 6.04. The van der Waals surface area contributed by atoms with Crippen LogP contribution in [0.3, 0.4) is 0 Å². The van der Waals surface area contributed by atoms with Crippen molar-refractivity contribution in [1.82, 2.24) is 24.9 Å². The SMILES string of the molecule is Cn1nc(C(=O)N2CCN(CC(=O)NCc3ccccc3)CC2)c2ccccc2c1=O. The van der Waals surface area contributed by atoms with Gasteiger partial charge in [0.1, 0.15) is 0 Å². The van der Waals surface area contributed by atoms with Crippen LogP contribution in [0.1, 0.15) is 16.1 Å². The quantitative estimate of drug-likeness (QED) is 0.667. The second kappa shape index (κ2) is 9.09. The van der Waals surface area contributed by atoms with Gasteiger partial charge in [0, 0.05) is 45.2 Å². The van der Waals surface area contributed by atoms with Crippen molar-refractivity contribution in [2.45, 2.75) is 6.54 Å². The first-order valence-electron chi connectivity index (χ1n) is 10.3. The Morgan fingerprint density at radius 2 is 1.58 bits per heavy atom. The van der Waals surface area contributed by atoms with Crippen LogP contribution in [0, 0.1) is 0 Å². The van der Waals surface area contributed by atoms with Crippen LogP contribution < -0.4 is 10.9 Å². The first-order valence-corrected chi connectivity index (χ1v) is 10.3. The van der Waals surface area contributed by atoms with Crippen molar-refractivity contribution in [3.05, 3.63) is 76.2 Å². The molecule has 1 aliphatic heterocycles. The van der Waals surface area contributed by atoms with Crippen LogP contribution in [0.25, 0.3) is 10.8 Å². The van der Waals surface area contributed by atoms with Crippen LogP contribution in [0.2, 0.25) is 0 Å². The summed E-state index contributed by atoms with van der Waals surface area (Å²) in [5.74, 6) is -0.227. The number of hydrogen-bond acceptors (Lipinski definition) is 5. The predicted molar refractivity (Wildman–Crippen MR) is 118 cm³/mol. The monoisotopic (exact) mass is 419 g/mol. The summed E-state index contributed by atoms with van der Waals surface area (Å²) in [6.45, 7) is 3.02. The van der Waals surface area contributed by atoms with Gasteiger partial charge in [0.2, 0.25) is 5.91 Å². The number of piperazine rings is 1. The molecular formula is C23H25N5O3. The highest BCUT2D eigenvalue weighted by Gasteiger charge is 2.26. The Labute approximate surface area is 180 Å². The van der Waals surface area contributed by atoms with Crippen LogP contribution >= 0.6 is 0 Å². The molecule has 2 amide bonds. The van der Waals surface area contributed by atoms with E-state index in [1.165, 1.54) is 4.68 Å². The summed E-state index contributed by atoms with van der Waals surface area (Å²) >= 11 is 0. The summed E-state index contributed by atoms with van der Waals surface area (Å²) in [6.07, 6.45) is 0. The van der Waals surface area contributed by atoms with Crippen LogP contribution in [0.4, 0.5) is 0 Å². The summed E-state index contributed by atoms with van der Waals surface area (Å²) in [6, 6.07) is 16.8. The fourth-order valence-electron chi connectivity index (χ4n) is 3.77. The molecule has 2 aromatic carbocycles. The van der Waals surface area contributed by atoms with E-state index in [1.807, 2.05) is 35.2 Å². The molecule has 2 heterocycles. The third-order valence-corrected chi connectivity index (χ3v) is 5.52. The fraction of sp³-hybridized carbons (Fsp3) is 0.304. The summed E-state index contributed by atoms with van der Waals surface area (Å²) in [4.78, 5) is 41.4. The van der Waals surface area contributed by atoms with Gasteiger partial charge < -0.3 is 10.2 Å². The molecule has 3 aromatic rings. The Bertz CT molecular complexity index is 1150. The summed E-state index contributed by atoms with van der Waals surface area (Å²) in [5.41, 5.74) is 1.12. The number of amides is 2. The van der Waals surface area contributed by atoms with E-state index < -0.39 is 0 Å². The third-order valence-electron chi connectivity index (χ3n) is 5.52. The first-order chi connectivity index (χ1) is 15.0. The number of rotatable bonds is 5. The number of aromatic nitrogens is 2. The molecule has 0 spiro atoms. The molecule has 8 heteroatoms. The molecule has 1 saturated heterocycles. The lowest BCUT2D eigenvalue weighted by Crippen LogP contribution is -2.51. The highest BCUT2D eigenvalue weighted by Crippen LogP contribution is 2.16. The van der Waals surface area contributed by atoms with Gasteiger partial charge in [-0.15, -0.1) is 0 Å². The maximum absolute atomic E-state index is 13.1. The zero-order valence-electron chi connectivity index (χ0n) is 17.5. The number of fused-ring (bicyclic) bond motifs is 1. The van der Waals surface area contributed by atoms with Gasteiger partial charge in [-0.3, -0.25) is 19.3 Å². The van der Waals surface area contributed by atoms with Crippen LogP contribution in [-0.4, -0.2) is 64.1 Å². The van der Waals surface area contributed by atoms with E-state index in [2.05, 4.69) is 10.4 Å². The van der Waals surface area contributed by atoms with E-state index in [-0.39, 0.29) is 23.1 Å². The zero-order chi connectivity index (χ0) is 21.8. The van der Waals surface area contributed by atoms with Crippen LogP contribution in [0.15, 0.2) is 59.4 Å². The van der Waals surface area contributed by atoms with E-state index in [9.17, 15) is 14.4 Å². The predicted octanol–water partition coefficient (Wildman–Crippen LogP) is 1.01. The van der Waals surface area contributed by atoms with Gasteiger partial charge in [-0.25, -0.2) is 4.68 Å². The average Bonchev–Trinajstić information content (AvgIpc) is 2.81. The Morgan fingerprint density at radius 3 is 2.29 bits per heavy atom. The topological polar surface area (TPSA) is 87.5 Å². The minimum atomic E-state index is -0.224. The molecule has 0 radical (unpaired) electrons. The molecule has 31 heavy (non-hydrogen) atoms. The number of carbonyl (C=O) groups is 2. The van der Waals surface area contributed by atoms with Gasteiger partial charge in [-0.2, -0.15) is 5.10 Å². The van der Waals surface area contributed by atoms with E-state index in [4.69, 9.17) is 0 Å². The van der Waals surface area contributed by atoms with Gasteiger partial charge in [0.05, 0.1) is 11.9 Å². The molecule has 0 saturated carbocycles. The number of carbonyl (C=O) groups excluding carboxylic acids is 2. The second-order valence-electron chi connectivity index (χ2n) is 7.65. The lowest BCUT2D eigenvalue weighted by Gasteiger charge is -2.34. The van der Waals surface area contributed by atoms with Crippen molar-refractivity contribution in [3.63, 3.8) is 0 Å². The average molecular weight is 419 g/mol. The Morgan fingerprint density at radius 1 is 0.935 bits per heavy atom. The fourth-order valence-corrected chi connectivity index (χ4v) is 3.77. The lowest BCUT2D eigenvalue weighted by atomic mass is 10.1. The van der Waals surface area contributed by atoms with Crippen molar-refractivity contribution in [2.24, 2.45) is 7.05 Å². The van der Waals surface area contributed by atoms with E-state index in [0.717, 1.165) is 5.56 Å². The normalized spacial score (nSPS) is 14.5. The van der Waals surface area contributed by atoms with Gasteiger partial charge in [0.25, 0.3) is 11.5 Å². The van der Waals surface area contributed by atoms with E-state index in [1.54, 1.807) is 36.2 Å². The molecule has 1 aliphatic rings. The number of hydrogen-bond donors (Lipinski definition) is 1. The largest absolute Gasteiger partial charge is 0.351 e. The minimum absolute atomic E-state index is 0.0330. The maximum Gasteiger partial charge on any atom is 0.275 e. The maximum atomic E-state index is 13.1. The molecule has 0 bridgehead atoms. The van der Waals surface area contributed by atoms with Gasteiger partial charge >= 0.3 is 0 Å². The van der Waals surface area contributed by atoms with Crippen molar-refractivity contribution >= 4 is 22.6 Å². The van der Waals surface area contributed by atoms with Crippen molar-refractivity contribution in [1.29, 1.82) is 0 Å². The molecule has 4 rings (SSSR count). The lowest BCUT2D eigenvalue weighted by molar-refractivity contribution is -0.122. The zero-order valence-corrected chi connectivity index (χ0v) is 17.5. The first kappa shape index (κ1) is 20.7. The Balaban J connectivity index is 1.35. The Kier molecular flexibility index (Phi) is 6.08. The molecular weight excluding hydrogens is 394 g/mol. The van der Waals surface area contributed by atoms with Crippen molar-refractivity contribution in [3.8, 4) is 0 Å². The molecule has 0 unspecified atom stereocenters. The molecule has 1 aromatic heterocycles. The third kappa shape index (κ3) is 4.64. The van der Waals surface area contributed by atoms with Crippen molar-refractivity contribution in [2.75, 3.05) is 32.7 Å². The summed E-state index contributed by atoms with van der Waals surface area (Å²) < 4.78 is 1.21. The number of nitrogens with one attached hydrogen (secondary N) is 1. The van der Waals surface area contributed by atoms with Crippen LogP contribution in [0.5, 0.6) is 0 Å². The van der Waals surface area contributed by atoms with E-state index in [0.29, 0.717) is 50.0 Å². The molecule has 8 nitrogen and oxygen atoms in total. The molecule has 1 fully saturated rings. The van der Waals surface area contributed by atoms with Gasteiger partial charge in [0.15, 0.2) is 5.69 Å². The van der Waals surface area contributed by atoms with Gasteiger partial charge in [-0.05, 0) is 11.6 Å². The van der Waals surface area contributed by atoms with Crippen LogP contribution in [-0.2, 0) is 18.4 Å². The molecule has 0 atom stereocenters. The molecule has 1 N–H and O–H groups in total. The molecule has 0 aliphatic carbocycles. The Hall–Kier alpha value is -3.52. The smallest absolute Gasteiger partial charge is 0.275 e. The number of benzene rings is 2. The standard InChI is InChI=1S/C23H25N5O3/c1-26-22(30)19-10-6-5-9-18(19)21(25-26)23(31)28-13-11-27(12-14-28)16-20(29)24-15-17-7-3-2-4-8-17/h2-10H,11-16H2,1H3,(H,24,29). The highest BCUT2D eigenvalue weighted by atomic mass is 16.2. The summed E-state index contributed by atoms with van der Waals surface area (Å²) in [5, 5.41) is 8.22. The van der Waals surface area contributed by atoms with Gasteiger partial charge in [-0.1, -0.05) is 48.5 Å². The van der Waals surface area contributed by atoms with E-state index >= 15 is 0 Å². The van der Waals surface area contributed by atoms with Crippen molar-refractivity contribution < 1.29 is 9.59 Å². The number of nitrogens with zero attached hydrogens (tertiary/aromatic N) is 4. The second-order valence-corrected chi connectivity index (χ2v) is 7.65. The summed E-state index contributed by atoms with van der Waals surface area (Å²) in [7, 11) is 1.55.